The predicted octanol–water partition coefficient (Wildman–Crippen LogP) is 3.20. The summed E-state index contributed by atoms with van der Waals surface area (Å²) in [6.45, 7) is 5.63. The molecule has 2 rings (SSSR count). The van der Waals surface area contributed by atoms with Gasteiger partial charge >= 0.3 is 6.03 Å². The van der Waals surface area contributed by atoms with Gasteiger partial charge in [-0.2, -0.15) is 0 Å². The molecule has 1 saturated heterocycles. The third kappa shape index (κ3) is 4.53. The number of hydrogen-bond donors (Lipinski definition) is 2. The molecule has 0 spiro atoms. The van der Waals surface area contributed by atoms with Gasteiger partial charge in [0.25, 0.3) is 0 Å². The summed E-state index contributed by atoms with van der Waals surface area (Å²) >= 11 is 0. The molecule has 4 nitrogen and oxygen atoms in total. The van der Waals surface area contributed by atoms with Crippen LogP contribution in [0.5, 0.6) is 0 Å². The molecule has 2 N–H and O–H groups in total. The van der Waals surface area contributed by atoms with Gasteiger partial charge in [-0.25, -0.2) is 4.79 Å². The molecule has 0 radical (unpaired) electrons. The SMILES string of the molecule is CCNCc1cccc(NC(=O)N2CCCCCC2)c1. The number of benzene rings is 1. The molecule has 0 unspecified atom stereocenters. The Morgan fingerprint density at radius 3 is 2.65 bits per heavy atom. The standard InChI is InChI=1S/C16H25N3O/c1-2-17-13-14-8-7-9-15(12-14)18-16(20)19-10-5-3-4-6-11-19/h7-9,12,17H,2-6,10-11,13H2,1H3,(H,18,20). The lowest BCUT2D eigenvalue weighted by atomic mass is 10.2. The van der Waals surface area contributed by atoms with Crippen LogP contribution in [0.4, 0.5) is 10.5 Å². The van der Waals surface area contributed by atoms with Crippen molar-refractivity contribution >= 4 is 11.7 Å². The van der Waals surface area contributed by atoms with E-state index in [1.165, 1.54) is 18.4 Å². The van der Waals surface area contributed by atoms with E-state index in [1.807, 2.05) is 23.1 Å². The normalized spacial score (nSPS) is 15.8. The highest BCUT2D eigenvalue weighted by molar-refractivity contribution is 5.89. The molecule has 0 aromatic heterocycles. The van der Waals surface area contributed by atoms with Crippen LogP contribution in [0, 0.1) is 0 Å². The zero-order valence-electron chi connectivity index (χ0n) is 12.3. The summed E-state index contributed by atoms with van der Waals surface area (Å²) in [4.78, 5) is 14.2. The fraction of sp³-hybridized carbons (Fsp3) is 0.562. The summed E-state index contributed by atoms with van der Waals surface area (Å²) in [5.74, 6) is 0. The Morgan fingerprint density at radius 2 is 1.95 bits per heavy atom. The minimum atomic E-state index is 0.0347. The molecule has 4 heteroatoms. The van der Waals surface area contributed by atoms with Gasteiger partial charge in [0.05, 0.1) is 0 Å². The number of anilines is 1. The second-order valence-corrected chi connectivity index (χ2v) is 5.31. The molecule has 0 aliphatic carbocycles. The zero-order chi connectivity index (χ0) is 14.2. The Hall–Kier alpha value is -1.55. The number of carbonyl (C=O) groups excluding carboxylic acids is 1. The molecule has 1 aliphatic rings. The van der Waals surface area contributed by atoms with E-state index in [-0.39, 0.29) is 6.03 Å². The Bertz CT molecular complexity index is 425. The highest BCUT2D eigenvalue weighted by atomic mass is 16.2. The van der Waals surface area contributed by atoms with E-state index in [0.717, 1.165) is 44.7 Å². The average Bonchev–Trinajstić information content (AvgIpc) is 2.74. The quantitative estimate of drug-likeness (QED) is 0.886. The average molecular weight is 275 g/mol. The fourth-order valence-electron chi connectivity index (χ4n) is 2.50. The third-order valence-electron chi connectivity index (χ3n) is 3.65. The van der Waals surface area contributed by atoms with Gasteiger partial charge < -0.3 is 15.5 Å². The van der Waals surface area contributed by atoms with Gasteiger partial charge in [-0.05, 0) is 37.1 Å². The van der Waals surface area contributed by atoms with Crippen LogP contribution < -0.4 is 10.6 Å². The largest absolute Gasteiger partial charge is 0.325 e. The highest BCUT2D eigenvalue weighted by Crippen LogP contribution is 2.14. The van der Waals surface area contributed by atoms with E-state index in [1.54, 1.807) is 0 Å². The van der Waals surface area contributed by atoms with Crippen LogP contribution in [0.15, 0.2) is 24.3 Å². The molecule has 1 aliphatic heterocycles. The van der Waals surface area contributed by atoms with Crippen molar-refractivity contribution in [2.75, 3.05) is 25.0 Å². The first-order valence-corrected chi connectivity index (χ1v) is 7.65. The van der Waals surface area contributed by atoms with Crippen LogP contribution in [0.25, 0.3) is 0 Å². The van der Waals surface area contributed by atoms with Gasteiger partial charge in [0.2, 0.25) is 0 Å². The van der Waals surface area contributed by atoms with Crippen molar-refractivity contribution in [2.24, 2.45) is 0 Å². The van der Waals surface area contributed by atoms with Crippen LogP contribution in [0.3, 0.4) is 0 Å². The Kier molecular flexibility index (Phi) is 5.87. The van der Waals surface area contributed by atoms with Gasteiger partial charge in [-0.1, -0.05) is 31.9 Å². The van der Waals surface area contributed by atoms with Crippen molar-refractivity contribution in [3.8, 4) is 0 Å². The summed E-state index contributed by atoms with van der Waals surface area (Å²) in [7, 11) is 0. The summed E-state index contributed by atoms with van der Waals surface area (Å²) in [6, 6.07) is 8.09. The second-order valence-electron chi connectivity index (χ2n) is 5.31. The molecule has 20 heavy (non-hydrogen) atoms. The smallest absolute Gasteiger partial charge is 0.321 e. The van der Waals surface area contributed by atoms with Gasteiger partial charge in [0, 0.05) is 25.3 Å². The topological polar surface area (TPSA) is 44.4 Å². The van der Waals surface area contributed by atoms with E-state index in [9.17, 15) is 4.79 Å². The number of nitrogens with zero attached hydrogens (tertiary/aromatic N) is 1. The van der Waals surface area contributed by atoms with E-state index in [4.69, 9.17) is 0 Å². The van der Waals surface area contributed by atoms with Crippen molar-refractivity contribution in [1.82, 2.24) is 10.2 Å². The zero-order valence-corrected chi connectivity index (χ0v) is 12.3. The van der Waals surface area contributed by atoms with Crippen molar-refractivity contribution < 1.29 is 4.79 Å². The van der Waals surface area contributed by atoms with Crippen LogP contribution in [0.1, 0.15) is 38.2 Å². The summed E-state index contributed by atoms with van der Waals surface area (Å²) in [5, 5.41) is 6.31. The number of hydrogen-bond acceptors (Lipinski definition) is 2. The van der Waals surface area contributed by atoms with Gasteiger partial charge in [0.15, 0.2) is 0 Å². The van der Waals surface area contributed by atoms with E-state index in [0.29, 0.717) is 0 Å². The molecule has 0 bridgehead atoms. The van der Waals surface area contributed by atoms with Crippen molar-refractivity contribution in [3.63, 3.8) is 0 Å². The molecule has 1 aromatic carbocycles. The van der Waals surface area contributed by atoms with Crippen molar-refractivity contribution in [3.05, 3.63) is 29.8 Å². The monoisotopic (exact) mass is 275 g/mol. The number of urea groups is 1. The first-order chi connectivity index (χ1) is 9.79. The molecular weight excluding hydrogens is 250 g/mol. The van der Waals surface area contributed by atoms with Crippen LogP contribution in [-0.2, 0) is 6.54 Å². The summed E-state index contributed by atoms with van der Waals surface area (Å²) < 4.78 is 0. The van der Waals surface area contributed by atoms with Gasteiger partial charge in [-0.3, -0.25) is 0 Å². The lowest BCUT2D eigenvalue weighted by Crippen LogP contribution is -2.35. The number of rotatable bonds is 4. The second kappa shape index (κ2) is 7.90. The number of likely N-dealkylation sites (tertiary alicyclic amines) is 1. The minimum absolute atomic E-state index is 0.0347. The van der Waals surface area contributed by atoms with Crippen molar-refractivity contribution in [1.29, 1.82) is 0 Å². The summed E-state index contributed by atoms with van der Waals surface area (Å²) in [6.07, 6.45) is 4.71. The first-order valence-electron chi connectivity index (χ1n) is 7.65. The lowest BCUT2D eigenvalue weighted by molar-refractivity contribution is 0.214. The van der Waals surface area contributed by atoms with E-state index in [2.05, 4.69) is 23.6 Å². The Morgan fingerprint density at radius 1 is 1.20 bits per heavy atom. The molecule has 0 saturated carbocycles. The summed E-state index contributed by atoms with van der Waals surface area (Å²) in [5.41, 5.74) is 2.08. The van der Waals surface area contributed by atoms with Gasteiger partial charge in [0.1, 0.15) is 0 Å². The Balaban J connectivity index is 1.92. The molecule has 1 heterocycles. The number of carbonyl (C=O) groups is 1. The molecular formula is C16H25N3O. The molecule has 0 atom stereocenters. The van der Waals surface area contributed by atoms with E-state index >= 15 is 0 Å². The van der Waals surface area contributed by atoms with Crippen LogP contribution in [0.2, 0.25) is 0 Å². The Labute approximate surface area is 121 Å². The van der Waals surface area contributed by atoms with Crippen LogP contribution >= 0.6 is 0 Å². The minimum Gasteiger partial charge on any atom is -0.325 e. The maximum atomic E-state index is 12.2. The third-order valence-corrected chi connectivity index (χ3v) is 3.65. The van der Waals surface area contributed by atoms with E-state index < -0.39 is 0 Å². The van der Waals surface area contributed by atoms with Crippen LogP contribution in [-0.4, -0.2) is 30.6 Å². The fourth-order valence-corrected chi connectivity index (χ4v) is 2.50. The number of nitrogens with one attached hydrogen (secondary N) is 2. The van der Waals surface area contributed by atoms with Gasteiger partial charge in [-0.15, -0.1) is 0 Å². The lowest BCUT2D eigenvalue weighted by Gasteiger charge is -2.21. The molecule has 110 valence electrons. The maximum absolute atomic E-state index is 12.2. The molecule has 1 aromatic rings. The maximum Gasteiger partial charge on any atom is 0.321 e. The molecule has 2 amide bonds. The van der Waals surface area contributed by atoms with Crippen molar-refractivity contribution in [2.45, 2.75) is 39.2 Å². The highest BCUT2D eigenvalue weighted by Gasteiger charge is 2.15. The first kappa shape index (κ1) is 14.9. The number of amides is 2. The predicted molar refractivity (Wildman–Crippen MR) is 82.9 cm³/mol. The molecule has 1 fully saturated rings.